The van der Waals surface area contributed by atoms with Crippen molar-refractivity contribution < 1.29 is 0 Å². The Morgan fingerprint density at radius 1 is 0.500 bits per heavy atom. The second-order valence-electron chi connectivity index (χ2n) is 3.32. The highest BCUT2D eigenvalue weighted by molar-refractivity contribution is 4.70. The Kier molecular flexibility index (Phi) is 1.91. The average Bonchev–Trinajstić information content (AvgIpc) is 1.86. The van der Waals surface area contributed by atoms with E-state index in [0.29, 0.717) is 0 Å². The van der Waals surface area contributed by atoms with Crippen LogP contribution in [0.25, 0.3) is 0 Å². The maximum Gasteiger partial charge on any atom is 0.0146 e. The lowest BCUT2D eigenvalue weighted by molar-refractivity contribution is -0.0828. The van der Waals surface area contributed by atoms with Crippen LogP contribution in [-0.2, 0) is 0 Å². The zero-order valence-electron chi connectivity index (χ0n) is 6.55. The van der Waals surface area contributed by atoms with Crippen molar-refractivity contribution in [3.63, 3.8) is 0 Å². The molecule has 2 aliphatic heterocycles. The van der Waals surface area contributed by atoms with Crippen molar-refractivity contribution in [3.8, 4) is 0 Å². The first-order valence-electron chi connectivity index (χ1n) is 4.46. The van der Waals surface area contributed by atoms with Gasteiger partial charge in [-0.1, -0.05) is 6.42 Å². The lowest BCUT2D eigenvalue weighted by atomic mass is 10.1. The quantitative estimate of drug-likeness (QED) is 0.538. The lowest BCUT2D eigenvalue weighted by Gasteiger charge is -2.42. The van der Waals surface area contributed by atoms with Gasteiger partial charge in [-0.15, -0.1) is 0 Å². The van der Waals surface area contributed by atoms with E-state index in [4.69, 9.17) is 0 Å². The summed E-state index contributed by atoms with van der Waals surface area (Å²) in [4.78, 5) is 0. The summed E-state index contributed by atoms with van der Waals surface area (Å²) in [5.74, 6) is 0. The summed E-state index contributed by atoms with van der Waals surface area (Å²) < 4.78 is 0. The van der Waals surface area contributed by atoms with Crippen LogP contribution in [0.5, 0.6) is 0 Å². The largest absolute Gasteiger partial charge is 0.242 e. The van der Waals surface area contributed by atoms with Crippen LogP contribution in [0.4, 0.5) is 0 Å². The van der Waals surface area contributed by atoms with Crippen molar-refractivity contribution in [1.29, 1.82) is 0 Å². The van der Waals surface area contributed by atoms with Gasteiger partial charge in [0.05, 0.1) is 0 Å². The van der Waals surface area contributed by atoms with Gasteiger partial charge in [-0.05, 0) is 19.3 Å². The fourth-order valence-electron chi connectivity index (χ4n) is 1.74. The lowest BCUT2D eigenvalue weighted by Crippen LogP contribution is -2.52. The van der Waals surface area contributed by atoms with E-state index in [-0.39, 0.29) is 0 Å². The van der Waals surface area contributed by atoms with Gasteiger partial charge >= 0.3 is 0 Å². The van der Waals surface area contributed by atoms with E-state index in [1.54, 1.807) is 0 Å². The van der Waals surface area contributed by atoms with Gasteiger partial charge in [0.2, 0.25) is 0 Å². The Morgan fingerprint density at radius 3 is 1.40 bits per heavy atom. The predicted molar refractivity (Wildman–Crippen MR) is 41.6 cm³/mol. The Bertz CT molecular complexity index is 104. The SMILES string of the molecule is C1CCN(N2CCC2)CC1. The molecule has 58 valence electrons. The molecule has 0 bridgehead atoms. The van der Waals surface area contributed by atoms with Crippen molar-refractivity contribution in [2.24, 2.45) is 0 Å². The van der Waals surface area contributed by atoms with E-state index in [1.807, 2.05) is 0 Å². The van der Waals surface area contributed by atoms with Crippen LogP contribution in [-0.4, -0.2) is 36.2 Å². The monoisotopic (exact) mass is 140 g/mol. The van der Waals surface area contributed by atoms with E-state index < -0.39 is 0 Å². The van der Waals surface area contributed by atoms with Crippen LogP contribution < -0.4 is 0 Å². The standard InChI is InChI=1S/C8H16N2/c1-2-5-9(6-3-1)10-7-4-8-10/h1-8H2. The van der Waals surface area contributed by atoms with E-state index in [9.17, 15) is 0 Å². The Balaban J connectivity index is 1.78. The molecule has 0 saturated carbocycles. The third kappa shape index (κ3) is 1.18. The van der Waals surface area contributed by atoms with Gasteiger partial charge in [0.25, 0.3) is 0 Å². The summed E-state index contributed by atoms with van der Waals surface area (Å²) in [7, 11) is 0. The van der Waals surface area contributed by atoms with Gasteiger partial charge in [0.1, 0.15) is 0 Å². The molecule has 2 rings (SSSR count). The second-order valence-corrected chi connectivity index (χ2v) is 3.32. The summed E-state index contributed by atoms with van der Waals surface area (Å²) in [5.41, 5.74) is 0. The topological polar surface area (TPSA) is 6.48 Å². The predicted octanol–water partition coefficient (Wildman–Crippen LogP) is 1.09. The van der Waals surface area contributed by atoms with Crippen LogP contribution in [0.2, 0.25) is 0 Å². The molecule has 0 amide bonds. The Labute approximate surface area is 62.8 Å². The summed E-state index contributed by atoms with van der Waals surface area (Å²) in [6, 6.07) is 0. The second kappa shape index (κ2) is 2.89. The molecule has 0 aromatic carbocycles. The molecule has 0 spiro atoms. The number of rotatable bonds is 1. The first kappa shape index (κ1) is 6.62. The minimum absolute atomic E-state index is 1.32. The van der Waals surface area contributed by atoms with Crippen molar-refractivity contribution in [1.82, 2.24) is 10.0 Å². The summed E-state index contributed by atoms with van der Waals surface area (Å²) >= 11 is 0. The van der Waals surface area contributed by atoms with Crippen LogP contribution in [0.1, 0.15) is 25.7 Å². The first-order valence-corrected chi connectivity index (χ1v) is 4.46. The highest BCUT2D eigenvalue weighted by Gasteiger charge is 2.22. The maximum atomic E-state index is 2.53. The van der Waals surface area contributed by atoms with Gasteiger partial charge in [-0.25, -0.2) is 10.0 Å². The summed E-state index contributed by atoms with van der Waals surface area (Å²) in [6.45, 7) is 5.28. The number of nitrogens with zero attached hydrogens (tertiary/aromatic N) is 2. The molecule has 10 heavy (non-hydrogen) atoms. The molecule has 0 atom stereocenters. The third-order valence-corrected chi connectivity index (χ3v) is 2.56. The van der Waals surface area contributed by atoms with Crippen molar-refractivity contribution in [2.75, 3.05) is 26.2 Å². The van der Waals surface area contributed by atoms with Crippen LogP contribution in [0.3, 0.4) is 0 Å². The average molecular weight is 140 g/mol. The van der Waals surface area contributed by atoms with Crippen molar-refractivity contribution >= 4 is 0 Å². The summed E-state index contributed by atoms with van der Waals surface area (Å²) in [5, 5.41) is 5.03. The smallest absolute Gasteiger partial charge is 0.0146 e. The van der Waals surface area contributed by atoms with E-state index in [2.05, 4.69) is 10.0 Å². The highest BCUT2D eigenvalue weighted by Crippen LogP contribution is 2.16. The molecule has 2 aliphatic rings. The zero-order valence-corrected chi connectivity index (χ0v) is 6.55. The molecule has 2 heterocycles. The van der Waals surface area contributed by atoms with Crippen molar-refractivity contribution in [3.05, 3.63) is 0 Å². The molecule has 2 heteroatoms. The van der Waals surface area contributed by atoms with Crippen LogP contribution in [0, 0.1) is 0 Å². The molecule has 2 fully saturated rings. The number of piperidine rings is 1. The highest BCUT2D eigenvalue weighted by atomic mass is 15.6. The first-order chi connectivity index (χ1) is 4.97. The molecule has 2 saturated heterocycles. The summed E-state index contributed by atoms with van der Waals surface area (Å²) in [6.07, 6.45) is 5.69. The molecule has 0 N–H and O–H groups in total. The molecule has 2 nitrogen and oxygen atoms in total. The fourth-order valence-corrected chi connectivity index (χ4v) is 1.74. The maximum absolute atomic E-state index is 2.53. The van der Waals surface area contributed by atoms with Crippen LogP contribution in [0.15, 0.2) is 0 Å². The fraction of sp³-hybridized carbons (Fsp3) is 1.00. The molecule has 0 unspecified atom stereocenters. The van der Waals surface area contributed by atoms with Gasteiger partial charge in [0.15, 0.2) is 0 Å². The Hall–Kier alpha value is -0.0800. The van der Waals surface area contributed by atoms with Gasteiger partial charge in [0, 0.05) is 26.2 Å². The normalized spacial score (nSPS) is 30.0. The minimum Gasteiger partial charge on any atom is -0.242 e. The minimum atomic E-state index is 1.32. The number of hydrogen-bond acceptors (Lipinski definition) is 2. The Morgan fingerprint density at radius 2 is 1.00 bits per heavy atom. The van der Waals surface area contributed by atoms with Gasteiger partial charge < -0.3 is 0 Å². The van der Waals surface area contributed by atoms with Crippen molar-refractivity contribution in [2.45, 2.75) is 25.7 Å². The van der Waals surface area contributed by atoms with E-state index in [1.165, 1.54) is 51.9 Å². The molecule has 0 aliphatic carbocycles. The number of hydrogen-bond donors (Lipinski definition) is 0. The molecule has 0 aromatic heterocycles. The van der Waals surface area contributed by atoms with Crippen LogP contribution >= 0.6 is 0 Å². The number of hydrazine groups is 1. The molecular weight excluding hydrogens is 124 g/mol. The molecule has 0 aromatic rings. The molecule has 0 radical (unpaired) electrons. The van der Waals surface area contributed by atoms with E-state index >= 15 is 0 Å². The third-order valence-electron chi connectivity index (χ3n) is 2.56. The van der Waals surface area contributed by atoms with Gasteiger partial charge in [-0.2, -0.15) is 0 Å². The van der Waals surface area contributed by atoms with E-state index in [0.717, 1.165) is 0 Å². The zero-order chi connectivity index (χ0) is 6.81. The van der Waals surface area contributed by atoms with Gasteiger partial charge in [-0.3, -0.25) is 0 Å². The molecular formula is C8H16N2.